The van der Waals surface area contributed by atoms with Crippen LogP contribution in [0.1, 0.15) is 72.5 Å². The minimum Gasteiger partial charge on any atom is -0.461 e. The Hall–Kier alpha value is -1.27. The third-order valence-electron chi connectivity index (χ3n) is 6.12. The Kier molecular flexibility index (Phi) is 10.6. The largest absolute Gasteiger partial charge is 0.461 e. The molecule has 186 valence electrons. The van der Waals surface area contributed by atoms with E-state index < -0.39 is 0 Å². The maximum atomic E-state index is 12.7. The molecule has 1 aliphatic carbocycles. The van der Waals surface area contributed by atoms with Crippen molar-refractivity contribution in [1.29, 1.82) is 0 Å². The Morgan fingerprint density at radius 3 is 2.65 bits per heavy atom. The van der Waals surface area contributed by atoms with Crippen molar-refractivity contribution in [3.8, 4) is 11.1 Å². The Labute approximate surface area is 221 Å². The van der Waals surface area contributed by atoms with Gasteiger partial charge in [0.2, 0.25) is 5.91 Å². The summed E-state index contributed by atoms with van der Waals surface area (Å²) in [5.74, 6) is 0.181. The van der Waals surface area contributed by atoms with Crippen molar-refractivity contribution in [2.45, 2.75) is 70.6 Å². The van der Waals surface area contributed by atoms with Crippen molar-refractivity contribution in [1.82, 2.24) is 5.32 Å². The maximum Gasteiger partial charge on any atom is 0.348 e. The van der Waals surface area contributed by atoms with Gasteiger partial charge in [-0.2, -0.15) is 0 Å². The molecule has 2 aromatic rings. The summed E-state index contributed by atoms with van der Waals surface area (Å²) in [6.45, 7) is 4.32. The first kappa shape index (κ1) is 27.3. The van der Waals surface area contributed by atoms with Gasteiger partial charge < -0.3 is 10.1 Å². The van der Waals surface area contributed by atoms with Gasteiger partial charge >= 0.3 is 5.97 Å². The summed E-state index contributed by atoms with van der Waals surface area (Å²) in [5, 5.41) is 4.21. The highest BCUT2D eigenvalue weighted by molar-refractivity contribution is 7.14. The van der Waals surface area contributed by atoms with Gasteiger partial charge in [0.25, 0.3) is 0 Å². The van der Waals surface area contributed by atoms with Gasteiger partial charge in [-0.1, -0.05) is 36.5 Å². The zero-order chi connectivity index (χ0) is 24.7. The lowest BCUT2D eigenvalue weighted by molar-refractivity contribution is -0.118. The molecule has 0 bridgehead atoms. The molecule has 1 heterocycles. The van der Waals surface area contributed by atoms with Crippen molar-refractivity contribution in [2.24, 2.45) is 5.92 Å². The minimum atomic E-state index is -0.345. The monoisotopic (exact) mass is 543 g/mol. The van der Waals surface area contributed by atoms with Crippen LogP contribution in [0.25, 0.3) is 11.1 Å². The van der Waals surface area contributed by atoms with E-state index in [0.29, 0.717) is 33.8 Å². The lowest BCUT2D eigenvalue weighted by Crippen LogP contribution is -2.22. The Morgan fingerprint density at radius 2 is 1.97 bits per heavy atom. The van der Waals surface area contributed by atoms with Gasteiger partial charge in [0.1, 0.15) is 4.88 Å². The van der Waals surface area contributed by atoms with Crippen molar-refractivity contribution in [2.75, 3.05) is 13.2 Å². The van der Waals surface area contributed by atoms with E-state index in [2.05, 4.69) is 12.2 Å². The predicted molar refractivity (Wildman–Crippen MR) is 143 cm³/mol. The van der Waals surface area contributed by atoms with Gasteiger partial charge in [-0.25, -0.2) is 4.79 Å². The normalized spacial score (nSPS) is 17.7. The third-order valence-corrected chi connectivity index (χ3v) is 8.21. The first-order valence-corrected chi connectivity index (χ1v) is 14.0. The number of hydrogen-bond donors (Lipinski definition) is 1. The molecule has 0 aliphatic heterocycles. The second-order valence-electron chi connectivity index (χ2n) is 8.91. The number of nitrogens with one attached hydrogen (secondary N) is 1. The van der Waals surface area contributed by atoms with Crippen molar-refractivity contribution in [3.05, 3.63) is 43.6 Å². The summed E-state index contributed by atoms with van der Waals surface area (Å²) < 4.78 is 5.45. The molecule has 1 saturated carbocycles. The molecule has 0 radical (unpaired) electrons. The molecule has 2 atom stereocenters. The fourth-order valence-electron chi connectivity index (χ4n) is 4.49. The van der Waals surface area contributed by atoms with E-state index >= 15 is 0 Å². The van der Waals surface area contributed by atoms with Crippen LogP contribution in [-0.4, -0.2) is 30.4 Å². The molecule has 3 rings (SSSR count). The molecule has 4 nitrogen and oxygen atoms in total. The number of amides is 1. The number of carbonyl (C=O) groups is 2. The number of esters is 1. The molecule has 1 amide bonds. The molecular weight excluding hydrogens is 513 g/mol. The first-order valence-electron chi connectivity index (χ1n) is 11.9. The van der Waals surface area contributed by atoms with Crippen LogP contribution in [0.3, 0.4) is 0 Å². The van der Waals surface area contributed by atoms with Gasteiger partial charge in [0.05, 0.1) is 11.6 Å². The molecule has 34 heavy (non-hydrogen) atoms. The van der Waals surface area contributed by atoms with Gasteiger partial charge in [-0.15, -0.1) is 22.9 Å². The van der Waals surface area contributed by atoms with Crippen LogP contribution < -0.4 is 5.32 Å². The summed E-state index contributed by atoms with van der Waals surface area (Å²) in [6, 6.07) is 5.69. The van der Waals surface area contributed by atoms with Crippen molar-refractivity contribution in [3.63, 3.8) is 0 Å². The van der Waals surface area contributed by atoms with Gasteiger partial charge in [-0.05, 0) is 80.2 Å². The second kappa shape index (κ2) is 13.2. The van der Waals surface area contributed by atoms with Gasteiger partial charge in [0, 0.05) is 34.3 Å². The van der Waals surface area contributed by atoms with Crippen LogP contribution in [0.5, 0.6) is 0 Å². The average Bonchev–Trinajstić information content (AvgIpc) is 3.38. The predicted octanol–water partition coefficient (Wildman–Crippen LogP) is 7.70. The van der Waals surface area contributed by atoms with Crippen LogP contribution in [0.15, 0.2) is 18.2 Å². The van der Waals surface area contributed by atoms with Crippen molar-refractivity contribution >= 4 is 58.0 Å². The zero-order valence-electron chi connectivity index (χ0n) is 19.7. The molecule has 8 heteroatoms. The topological polar surface area (TPSA) is 55.4 Å². The molecule has 1 N–H and O–H groups in total. The number of halogens is 3. The summed E-state index contributed by atoms with van der Waals surface area (Å²) in [5.41, 5.74) is 3.08. The molecule has 1 fully saturated rings. The Bertz CT molecular complexity index is 1010. The molecule has 0 spiro atoms. The summed E-state index contributed by atoms with van der Waals surface area (Å²) in [4.78, 5) is 25.4. The number of ether oxygens (including phenoxy) is 1. The van der Waals surface area contributed by atoms with E-state index in [1.165, 1.54) is 18.3 Å². The molecule has 1 aromatic carbocycles. The third kappa shape index (κ3) is 7.61. The highest BCUT2D eigenvalue weighted by Gasteiger charge is 2.25. The zero-order valence-corrected chi connectivity index (χ0v) is 22.8. The number of aryl methyl sites for hydroxylation is 2. The lowest BCUT2D eigenvalue weighted by atomic mass is 9.92. The summed E-state index contributed by atoms with van der Waals surface area (Å²) in [7, 11) is 0. The lowest BCUT2D eigenvalue weighted by Gasteiger charge is -2.15. The van der Waals surface area contributed by atoms with E-state index in [1.807, 2.05) is 12.1 Å². The quantitative estimate of drug-likeness (QED) is 0.179. The average molecular weight is 545 g/mol. The van der Waals surface area contributed by atoms with Crippen molar-refractivity contribution < 1.29 is 14.3 Å². The van der Waals surface area contributed by atoms with Gasteiger partial charge in [0.15, 0.2) is 0 Å². The second-order valence-corrected chi connectivity index (χ2v) is 11.5. The highest BCUT2D eigenvalue weighted by atomic mass is 35.5. The maximum absolute atomic E-state index is 12.7. The minimum absolute atomic E-state index is 0.0931. The molecule has 0 saturated heterocycles. The molecule has 1 aromatic heterocycles. The molecule has 1 aliphatic rings. The van der Waals surface area contributed by atoms with Crippen LogP contribution in [0.4, 0.5) is 0 Å². The fourth-order valence-corrected chi connectivity index (χ4v) is 6.66. The summed E-state index contributed by atoms with van der Waals surface area (Å²) >= 11 is 20.9. The number of rotatable bonds is 11. The van der Waals surface area contributed by atoms with E-state index in [-0.39, 0.29) is 23.9 Å². The van der Waals surface area contributed by atoms with Gasteiger partial charge in [-0.3, -0.25) is 4.79 Å². The summed E-state index contributed by atoms with van der Waals surface area (Å²) in [6.07, 6.45) is 7.60. The van der Waals surface area contributed by atoms with Crippen LogP contribution in [0.2, 0.25) is 10.0 Å². The SMILES string of the molecule is CCCc1sc(C(=O)OCCCNC(C)=O)cc1-c1c(Cl)cc(Cl)cc1CCC1CCC(Cl)C1. The Balaban J connectivity index is 1.81. The van der Waals surface area contributed by atoms with Crippen LogP contribution in [-0.2, 0) is 22.4 Å². The first-order chi connectivity index (χ1) is 16.3. The number of hydrogen-bond acceptors (Lipinski definition) is 4. The Morgan fingerprint density at radius 1 is 1.18 bits per heavy atom. The van der Waals surface area contributed by atoms with E-state index in [0.717, 1.165) is 66.5 Å². The van der Waals surface area contributed by atoms with Crippen LogP contribution in [0, 0.1) is 5.92 Å². The number of thiophene rings is 1. The number of benzene rings is 1. The fraction of sp³-hybridized carbons (Fsp3) is 0.538. The standard InChI is InChI=1S/C26H32Cl3NO3S/c1-3-5-23-21(15-24(34-23)26(32)33-11-4-10-30-16(2)31)25-18(13-20(28)14-22(25)29)8-6-17-7-9-19(27)12-17/h13-15,17,19H,3-12H2,1-2H3,(H,30,31). The number of alkyl halides is 1. The van der Waals surface area contributed by atoms with E-state index in [1.54, 1.807) is 6.07 Å². The number of carbonyl (C=O) groups excluding carboxylic acids is 2. The highest BCUT2D eigenvalue weighted by Crippen LogP contribution is 2.42. The van der Waals surface area contributed by atoms with E-state index in [9.17, 15) is 9.59 Å². The van der Waals surface area contributed by atoms with E-state index in [4.69, 9.17) is 39.5 Å². The molecular formula is C26H32Cl3NO3S. The van der Waals surface area contributed by atoms with Crippen LogP contribution >= 0.6 is 46.1 Å². The smallest absolute Gasteiger partial charge is 0.348 e. The molecule has 2 unspecified atom stereocenters.